The van der Waals surface area contributed by atoms with E-state index < -0.39 is 0 Å². The van der Waals surface area contributed by atoms with Crippen LogP contribution in [0.15, 0.2) is 60.7 Å². The summed E-state index contributed by atoms with van der Waals surface area (Å²) in [5, 5.41) is 7.49. The molecule has 0 aliphatic carbocycles. The maximum absolute atomic E-state index is 5.52. The zero-order valence-corrected chi connectivity index (χ0v) is 19.6. The van der Waals surface area contributed by atoms with E-state index in [0.29, 0.717) is 6.04 Å². The third kappa shape index (κ3) is 5.25. The maximum Gasteiger partial charge on any atom is 0.170 e. The minimum absolute atomic E-state index is 0.607. The van der Waals surface area contributed by atoms with Gasteiger partial charge in [-0.2, -0.15) is 0 Å². The van der Waals surface area contributed by atoms with Gasteiger partial charge in [0.1, 0.15) is 0 Å². The molecule has 4 atom stereocenters. The van der Waals surface area contributed by atoms with E-state index in [9.17, 15) is 0 Å². The average Bonchev–Trinajstić information content (AvgIpc) is 2.85. The number of fused-ring (bicyclic) bond motifs is 3. The van der Waals surface area contributed by atoms with Gasteiger partial charge in [0.15, 0.2) is 5.11 Å². The Hall–Kier alpha value is -2.15. The van der Waals surface area contributed by atoms with Crippen molar-refractivity contribution in [3.63, 3.8) is 0 Å². The molecule has 2 N–H and O–H groups in total. The molecule has 4 aliphatic rings. The molecule has 170 valence electrons. The van der Waals surface area contributed by atoms with Crippen molar-refractivity contribution in [1.82, 2.24) is 15.1 Å². The zero-order valence-electron chi connectivity index (χ0n) is 18.8. The standard InChI is InChI=1S/C26H35N5S/c32-26(28-23-7-3-1-4-8-23)27-18-25-17-21-11-12-31(25)20-22(21)19-29-13-15-30(16-14-29)24-9-5-2-6-10-24/h1-10,21-22,25H,11-20H2,(H2,27,28,32)/t21-,22+,25-/m1/s1. The highest BCUT2D eigenvalue weighted by Crippen LogP contribution is 2.36. The van der Waals surface area contributed by atoms with Crippen LogP contribution in [0.4, 0.5) is 11.4 Å². The van der Waals surface area contributed by atoms with Gasteiger partial charge < -0.3 is 15.5 Å². The smallest absolute Gasteiger partial charge is 0.170 e. The molecule has 5 nitrogen and oxygen atoms in total. The zero-order chi connectivity index (χ0) is 21.8. The van der Waals surface area contributed by atoms with Crippen molar-refractivity contribution in [2.75, 3.05) is 62.6 Å². The van der Waals surface area contributed by atoms with Gasteiger partial charge in [-0.15, -0.1) is 0 Å². The van der Waals surface area contributed by atoms with E-state index in [1.165, 1.54) is 51.3 Å². The van der Waals surface area contributed by atoms with Gasteiger partial charge >= 0.3 is 0 Å². The van der Waals surface area contributed by atoms with Crippen molar-refractivity contribution in [3.8, 4) is 0 Å². The van der Waals surface area contributed by atoms with E-state index in [0.717, 1.165) is 42.3 Å². The van der Waals surface area contributed by atoms with Gasteiger partial charge in [0, 0.05) is 63.2 Å². The third-order valence-corrected chi connectivity index (χ3v) is 7.78. The van der Waals surface area contributed by atoms with Crippen molar-refractivity contribution < 1.29 is 0 Å². The van der Waals surface area contributed by atoms with Gasteiger partial charge in [-0.25, -0.2) is 0 Å². The van der Waals surface area contributed by atoms with Crippen molar-refractivity contribution >= 4 is 28.7 Å². The quantitative estimate of drug-likeness (QED) is 0.657. The van der Waals surface area contributed by atoms with E-state index in [1.807, 2.05) is 30.3 Å². The fourth-order valence-electron chi connectivity index (χ4n) is 5.74. The minimum atomic E-state index is 0.607. The molecule has 2 bridgehead atoms. The molecule has 6 heteroatoms. The minimum Gasteiger partial charge on any atom is -0.369 e. The lowest BCUT2D eigenvalue weighted by Gasteiger charge is -2.51. The number of benzene rings is 2. The fourth-order valence-corrected chi connectivity index (χ4v) is 5.94. The molecule has 2 aromatic carbocycles. The second-order valence-corrected chi connectivity index (χ2v) is 9.93. The van der Waals surface area contributed by atoms with E-state index >= 15 is 0 Å². The van der Waals surface area contributed by atoms with Crippen LogP contribution in [0, 0.1) is 11.8 Å². The van der Waals surface area contributed by atoms with Gasteiger partial charge in [-0.05, 0) is 67.7 Å². The van der Waals surface area contributed by atoms with Gasteiger partial charge in [-0.3, -0.25) is 9.80 Å². The number of nitrogens with zero attached hydrogens (tertiary/aromatic N) is 3. The summed E-state index contributed by atoms with van der Waals surface area (Å²) >= 11 is 5.52. The molecule has 1 unspecified atom stereocenters. The molecule has 2 aromatic rings. The number of para-hydroxylation sites is 2. The van der Waals surface area contributed by atoms with Crippen LogP contribution >= 0.6 is 12.2 Å². The molecule has 0 saturated carbocycles. The number of piperidine rings is 3. The Morgan fingerprint density at radius 1 is 0.906 bits per heavy atom. The van der Waals surface area contributed by atoms with Crippen LogP contribution < -0.4 is 15.5 Å². The Labute approximate surface area is 197 Å². The molecule has 32 heavy (non-hydrogen) atoms. The van der Waals surface area contributed by atoms with Crippen LogP contribution in [-0.2, 0) is 0 Å². The van der Waals surface area contributed by atoms with Crippen molar-refractivity contribution in [3.05, 3.63) is 60.7 Å². The van der Waals surface area contributed by atoms with Crippen LogP contribution in [0.5, 0.6) is 0 Å². The number of anilines is 2. The summed E-state index contributed by atoms with van der Waals surface area (Å²) in [5.41, 5.74) is 2.41. The lowest BCUT2D eigenvalue weighted by Crippen LogP contribution is -2.59. The Kier molecular flexibility index (Phi) is 6.91. The average molecular weight is 450 g/mol. The largest absolute Gasteiger partial charge is 0.369 e. The van der Waals surface area contributed by atoms with E-state index in [2.05, 4.69) is 55.7 Å². The lowest BCUT2D eigenvalue weighted by molar-refractivity contribution is -0.0110. The number of rotatable bonds is 6. The first-order valence-corrected chi connectivity index (χ1v) is 12.5. The number of hydrogen-bond acceptors (Lipinski definition) is 4. The van der Waals surface area contributed by atoms with Crippen molar-refractivity contribution in [2.45, 2.75) is 18.9 Å². The Bertz CT molecular complexity index is 868. The first-order chi connectivity index (χ1) is 15.7. The van der Waals surface area contributed by atoms with E-state index in [1.54, 1.807) is 0 Å². The summed E-state index contributed by atoms with van der Waals surface area (Å²) in [6.45, 7) is 9.34. The molecule has 4 aliphatic heterocycles. The Morgan fingerprint density at radius 2 is 1.62 bits per heavy atom. The monoisotopic (exact) mass is 449 g/mol. The van der Waals surface area contributed by atoms with Crippen molar-refractivity contribution in [1.29, 1.82) is 0 Å². The third-order valence-electron chi connectivity index (χ3n) is 7.53. The molecule has 0 aromatic heterocycles. The molecule has 0 radical (unpaired) electrons. The van der Waals surface area contributed by atoms with Gasteiger partial charge in [0.05, 0.1) is 0 Å². The number of nitrogens with one attached hydrogen (secondary N) is 2. The van der Waals surface area contributed by atoms with Gasteiger partial charge in [0.25, 0.3) is 0 Å². The first-order valence-electron chi connectivity index (χ1n) is 12.1. The molecule has 4 saturated heterocycles. The fraction of sp³-hybridized carbons (Fsp3) is 0.500. The number of thiocarbonyl (C=S) groups is 1. The van der Waals surface area contributed by atoms with Gasteiger partial charge in [0.2, 0.25) is 0 Å². The summed E-state index contributed by atoms with van der Waals surface area (Å²) in [4.78, 5) is 7.95. The highest BCUT2D eigenvalue weighted by atomic mass is 32.1. The van der Waals surface area contributed by atoms with Crippen molar-refractivity contribution in [2.24, 2.45) is 11.8 Å². The predicted molar refractivity (Wildman–Crippen MR) is 137 cm³/mol. The highest BCUT2D eigenvalue weighted by Gasteiger charge is 2.40. The van der Waals surface area contributed by atoms with Gasteiger partial charge in [-0.1, -0.05) is 36.4 Å². The Balaban J connectivity index is 1.06. The molecule has 0 spiro atoms. The SMILES string of the molecule is S=C(NC[C@H]1C[C@H]2CCN1C[C@@H]2CN1CCN(c2ccccc2)CC1)Nc1ccccc1. The molecule has 4 heterocycles. The molecular weight excluding hydrogens is 414 g/mol. The molecular formula is C26H35N5S. The van der Waals surface area contributed by atoms with Crippen LogP contribution in [0.3, 0.4) is 0 Å². The van der Waals surface area contributed by atoms with Crippen LogP contribution in [0.25, 0.3) is 0 Å². The number of hydrogen-bond donors (Lipinski definition) is 2. The normalized spacial score (nSPS) is 27.8. The summed E-state index contributed by atoms with van der Waals surface area (Å²) in [6, 6.07) is 21.6. The molecule has 4 fully saturated rings. The summed E-state index contributed by atoms with van der Waals surface area (Å²) in [6.07, 6.45) is 2.66. The second kappa shape index (κ2) is 10.2. The molecule has 0 amide bonds. The predicted octanol–water partition coefficient (Wildman–Crippen LogP) is 3.51. The maximum atomic E-state index is 5.52. The Morgan fingerprint density at radius 3 is 2.31 bits per heavy atom. The topological polar surface area (TPSA) is 33.8 Å². The second-order valence-electron chi connectivity index (χ2n) is 9.52. The summed E-state index contributed by atoms with van der Waals surface area (Å²) < 4.78 is 0. The number of piperazine rings is 1. The summed E-state index contributed by atoms with van der Waals surface area (Å²) in [7, 11) is 0. The van der Waals surface area contributed by atoms with E-state index in [4.69, 9.17) is 12.2 Å². The molecule has 6 rings (SSSR count). The first kappa shape index (κ1) is 21.7. The lowest BCUT2D eigenvalue weighted by atomic mass is 9.75. The summed E-state index contributed by atoms with van der Waals surface area (Å²) in [5.74, 6) is 1.67. The van der Waals surface area contributed by atoms with Crippen LogP contribution in [0.2, 0.25) is 0 Å². The van der Waals surface area contributed by atoms with Crippen LogP contribution in [0.1, 0.15) is 12.8 Å². The van der Waals surface area contributed by atoms with E-state index in [-0.39, 0.29) is 0 Å². The van der Waals surface area contributed by atoms with Crippen LogP contribution in [-0.4, -0.2) is 73.3 Å². The highest BCUT2D eigenvalue weighted by molar-refractivity contribution is 7.80.